The minimum atomic E-state index is -0.851. The summed E-state index contributed by atoms with van der Waals surface area (Å²) in [5.41, 5.74) is 2.58. The van der Waals surface area contributed by atoms with Gasteiger partial charge in [0.1, 0.15) is 0 Å². The molecule has 0 heterocycles. The van der Waals surface area contributed by atoms with Crippen LogP contribution in [0.1, 0.15) is 28.8 Å². The molecule has 2 N–H and O–H groups in total. The Balaban J connectivity index is 1.71. The van der Waals surface area contributed by atoms with Gasteiger partial charge in [-0.25, -0.2) is 0 Å². The van der Waals surface area contributed by atoms with Crippen LogP contribution in [0.3, 0.4) is 0 Å². The lowest BCUT2D eigenvalue weighted by Crippen LogP contribution is -2.29. The molecule has 0 atom stereocenters. The second-order valence-corrected chi connectivity index (χ2v) is 7.72. The number of nitrogens with one attached hydrogen (secondary N) is 1. The van der Waals surface area contributed by atoms with Crippen LogP contribution in [0, 0.1) is 5.92 Å². The van der Waals surface area contributed by atoms with Crippen molar-refractivity contribution in [1.82, 2.24) is 0 Å². The van der Waals surface area contributed by atoms with Gasteiger partial charge in [0.05, 0.1) is 17.0 Å². The Morgan fingerprint density at radius 1 is 1.14 bits per heavy atom. The highest BCUT2D eigenvalue weighted by Crippen LogP contribution is 2.33. The van der Waals surface area contributed by atoms with E-state index in [1.807, 2.05) is 24.3 Å². The Labute approximate surface area is 167 Å². The molecule has 0 unspecified atom stereocenters. The second kappa shape index (κ2) is 8.93. The summed E-state index contributed by atoms with van der Waals surface area (Å²) in [4.78, 5) is 37.4. The van der Waals surface area contributed by atoms with Crippen LogP contribution in [0.5, 0.6) is 0 Å². The molecule has 1 fully saturated rings. The van der Waals surface area contributed by atoms with Gasteiger partial charge < -0.3 is 15.3 Å². The number of para-hydroxylation sites is 1. The van der Waals surface area contributed by atoms with Crippen LogP contribution in [0.4, 0.5) is 11.4 Å². The van der Waals surface area contributed by atoms with Crippen LogP contribution in [-0.4, -0.2) is 35.7 Å². The molecule has 1 aliphatic rings. The fourth-order valence-corrected chi connectivity index (χ4v) is 3.57. The minimum absolute atomic E-state index is 0.0331. The molecule has 7 heteroatoms. The normalized spacial score (nSPS) is 13.0. The van der Waals surface area contributed by atoms with Crippen LogP contribution in [0.15, 0.2) is 48.5 Å². The maximum atomic E-state index is 12.8. The number of anilines is 2. The van der Waals surface area contributed by atoms with Crippen LogP contribution in [-0.2, 0) is 15.3 Å². The van der Waals surface area contributed by atoms with E-state index < -0.39 is 5.97 Å². The van der Waals surface area contributed by atoms with Crippen molar-refractivity contribution in [2.45, 2.75) is 18.6 Å². The predicted molar refractivity (Wildman–Crippen MR) is 111 cm³/mol. The zero-order chi connectivity index (χ0) is 20.1. The van der Waals surface area contributed by atoms with Crippen molar-refractivity contribution in [3.05, 3.63) is 59.7 Å². The number of carboxylic acid groups (broad SMARTS) is 1. The molecule has 2 aromatic rings. The average molecular weight is 398 g/mol. The van der Waals surface area contributed by atoms with Gasteiger partial charge in [-0.3, -0.25) is 14.4 Å². The summed E-state index contributed by atoms with van der Waals surface area (Å²) in [7, 11) is 1.70. The van der Waals surface area contributed by atoms with Crippen molar-refractivity contribution in [2.75, 3.05) is 23.0 Å². The maximum Gasteiger partial charge on any atom is 0.313 e. The number of thioether (sulfide) groups is 1. The molecule has 0 radical (unpaired) electrons. The first-order valence-corrected chi connectivity index (χ1v) is 10.2. The monoisotopic (exact) mass is 398 g/mol. The van der Waals surface area contributed by atoms with Gasteiger partial charge in [-0.05, 0) is 42.7 Å². The molecule has 0 bridgehead atoms. The second-order valence-electron chi connectivity index (χ2n) is 6.73. The number of nitrogens with zero attached hydrogens (tertiary/aromatic N) is 1. The smallest absolute Gasteiger partial charge is 0.313 e. The quantitative estimate of drug-likeness (QED) is 0.709. The number of amides is 2. The van der Waals surface area contributed by atoms with E-state index in [1.165, 1.54) is 11.8 Å². The number of benzene rings is 2. The Bertz CT molecular complexity index is 895. The minimum Gasteiger partial charge on any atom is -0.481 e. The topological polar surface area (TPSA) is 86.7 Å². The molecule has 0 saturated heterocycles. The molecule has 0 aromatic heterocycles. The van der Waals surface area contributed by atoms with Gasteiger partial charge in [-0.15, -0.1) is 11.8 Å². The van der Waals surface area contributed by atoms with Gasteiger partial charge in [0, 0.05) is 24.4 Å². The highest BCUT2D eigenvalue weighted by atomic mass is 32.2. The van der Waals surface area contributed by atoms with E-state index in [-0.39, 0.29) is 23.5 Å². The highest BCUT2D eigenvalue weighted by Gasteiger charge is 2.33. The number of carboxylic acids is 1. The molecule has 146 valence electrons. The summed E-state index contributed by atoms with van der Waals surface area (Å²) in [6.07, 6.45) is 1.81. The van der Waals surface area contributed by atoms with Gasteiger partial charge in [0.25, 0.3) is 5.91 Å². The van der Waals surface area contributed by atoms with Gasteiger partial charge in [0.2, 0.25) is 5.91 Å². The van der Waals surface area contributed by atoms with Crippen LogP contribution in [0.2, 0.25) is 0 Å². The third kappa shape index (κ3) is 5.13. The number of carbonyl (C=O) groups excluding carboxylic acids is 2. The lowest BCUT2D eigenvalue weighted by molar-refractivity contribution is -0.133. The average Bonchev–Trinajstić information content (AvgIpc) is 3.52. The SMILES string of the molecule is CN(C(=O)C1CC1)c1ccccc1C(=O)Nc1cccc(CSCC(=O)O)c1. The zero-order valence-electron chi connectivity index (χ0n) is 15.6. The lowest BCUT2D eigenvalue weighted by Gasteiger charge is -2.20. The molecule has 6 nitrogen and oxygen atoms in total. The lowest BCUT2D eigenvalue weighted by atomic mass is 10.1. The van der Waals surface area contributed by atoms with Crippen molar-refractivity contribution in [1.29, 1.82) is 0 Å². The van der Waals surface area contributed by atoms with E-state index in [9.17, 15) is 14.4 Å². The molecule has 1 aliphatic carbocycles. The Morgan fingerprint density at radius 3 is 2.61 bits per heavy atom. The van der Waals surface area contributed by atoms with Crippen LogP contribution < -0.4 is 10.2 Å². The third-order valence-electron chi connectivity index (χ3n) is 4.45. The number of rotatable bonds is 8. The van der Waals surface area contributed by atoms with E-state index in [1.54, 1.807) is 36.2 Å². The zero-order valence-corrected chi connectivity index (χ0v) is 16.4. The summed E-state index contributed by atoms with van der Waals surface area (Å²) in [5, 5.41) is 11.6. The van der Waals surface area contributed by atoms with Gasteiger partial charge >= 0.3 is 5.97 Å². The predicted octanol–water partition coefficient (Wildman–Crippen LogP) is 3.63. The molecular formula is C21H22N2O4S. The van der Waals surface area contributed by atoms with Gasteiger partial charge in [0.15, 0.2) is 0 Å². The summed E-state index contributed by atoms with van der Waals surface area (Å²) in [5.74, 6) is -0.451. The van der Waals surface area contributed by atoms with E-state index in [4.69, 9.17) is 5.11 Å². The molecule has 0 aliphatic heterocycles. The maximum absolute atomic E-state index is 12.8. The van der Waals surface area contributed by atoms with Crippen molar-refractivity contribution in [2.24, 2.45) is 5.92 Å². The van der Waals surface area contributed by atoms with Gasteiger partial charge in [-0.1, -0.05) is 24.3 Å². The van der Waals surface area contributed by atoms with E-state index >= 15 is 0 Å². The Kier molecular flexibility index (Phi) is 6.36. The number of hydrogen-bond acceptors (Lipinski definition) is 4. The number of carbonyl (C=O) groups is 3. The van der Waals surface area contributed by atoms with Gasteiger partial charge in [-0.2, -0.15) is 0 Å². The molecule has 28 heavy (non-hydrogen) atoms. The largest absolute Gasteiger partial charge is 0.481 e. The molecule has 2 aromatic carbocycles. The Morgan fingerprint density at radius 2 is 1.89 bits per heavy atom. The van der Waals surface area contributed by atoms with E-state index in [0.29, 0.717) is 22.7 Å². The number of hydrogen-bond donors (Lipinski definition) is 2. The van der Waals surface area contributed by atoms with E-state index in [0.717, 1.165) is 18.4 Å². The standard InChI is InChI=1S/C21H22N2O4S/c1-23(21(27)15-9-10-15)18-8-3-2-7-17(18)20(26)22-16-6-4-5-14(11-16)12-28-13-19(24)25/h2-8,11,15H,9-10,12-13H2,1H3,(H,22,26)(H,24,25). The first kappa shape index (κ1) is 19.9. The van der Waals surface area contributed by atoms with Crippen molar-refractivity contribution in [3.8, 4) is 0 Å². The molecule has 2 amide bonds. The molecule has 0 spiro atoms. The van der Waals surface area contributed by atoms with Crippen molar-refractivity contribution in [3.63, 3.8) is 0 Å². The summed E-state index contributed by atoms with van der Waals surface area (Å²) in [6.45, 7) is 0. The summed E-state index contributed by atoms with van der Waals surface area (Å²) >= 11 is 1.30. The third-order valence-corrected chi connectivity index (χ3v) is 5.43. The van der Waals surface area contributed by atoms with E-state index in [2.05, 4.69) is 5.32 Å². The molecule has 1 saturated carbocycles. The fourth-order valence-electron chi connectivity index (χ4n) is 2.87. The highest BCUT2D eigenvalue weighted by molar-refractivity contribution is 7.99. The first-order valence-electron chi connectivity index (χ1n) is 9.02. The molecular weight excluding hydrogens is 376 g/mol. The summed E-state index contributed by atoms with van der Waals surface area (Å²) in [6, 6.07) is 14.4. The van der Waals surface area contributed by atoms with Crippen LogP contribution >= 0.6 is 11.8 Å². The first-order chi connectivity index (χ1) is 13.5. The Hall–Kier alpha value is -2.80. The summed E-state index contributed by atoms with van der Waals surface area (Å²) < 4.78 is 0. The fraction of sp³-hybridized carbons (Fsp3) is 0.286. The molecule has 3 rings (SSSR count). The van der Waals surface area contributed by atoms with Crippen molar-refractivity contribution >= 4 is 40.9 Å². The van der Waals surface area contributed by atoms with Crippen molar-refractivity contribution < 1.29 is 19.5 Å². The van der Waals surface area contributed by atoms with Crippen LogP contribution in [0.25, 0.3) is 0 Å². The number of aliphatic carboxylic acids is 1.